The zero-order chi connectivity index (χ0) is 13.4. The van der Waals surface area contributed by atoms with Crippen LogP contribution in [-0.2, 0) is 19.9 Å². The lowest BCUT2D eigenvalue weighted by atomic mass is 10.2. The number of imidazole rings is 1. The van der Waals surface area contributed by atoms with Crippen molar-refractivity contribution in [1.29, 1.82) is 0 Å². The summed E-state index contributed by atoms with van der Waals surface area (Å²) in [5, 5.41) is -0.397. The van der Waals surface area contributed by atoms with E-state index in [4.69, 9.17) is 0 Å². The summed E-state index contributed by atoms with van der Waals surface area (Å²) in [5.41, 5.74) is 0. The summed E-state index contributed by atoms with van der Waals surface area (Å²) in [5.74, 6) is 0. The van der Waals surface area contributed by atoms with Crippen molar-refractivity contribution in [2.24, 2.45) is 0 Å². The summed E-state index contributed by atoms with van der Waals surface area (Å²) in [7, 11) is -6.66. The molecule has 102 valence electrons. The fourth-order valence-corrected chi connectivity index (χ4v) is 4.46. The molecule has 0 bridgehead atoms. The van der Waals surface area contributed by atoms with Gasteiger partial charge in [0.2, 0.25) is 0 Å². The summed E-state index contributed by atoms with van der Waals surface area (Å²) < 4.78 is 48.3. The molecule has 2 heterocycles. The first kappa shape index (κ1) is 13.5. The number of aromatic nitrogens is 2. The lowest BCUT2D eigenvalue weighted by Crippen LogP contribution is -2.42. The van der Waals surface area contributed by atoms with Gasteiger partial charge in [0.05, 0.1) is 17.8 Å². The average molecular weight is 293 g/mol. The molecule has 0 spiro atoms. The van der Waals surface area contributed by atoms with Crippen LogP contribution in [0.15, 0.2) is 17.6 Å². The van der Waals surface area contributed by atoms with E-state index >= 15 is 0 Å². The maximum atomic E-state index is 12.1. The molecule has 1 N–H and O–H groups in total. The van der Waals surface area contributed by atoms with E-state index in [1.807, 2.05) is 0 Å². The molecule has 1 aromatic heterocycles. The Morgan fingerprint density at radius 3 is 2.33 bits per heavy atom. The van der Waals surface area contributed by atoms with Crippen LogP contribution in [-0.4, -0.2) is 55.7 Å². The molecule has 1 saturated heterocycles. The predicted octanol–water partition coefficient (Wildman–Crippen LogP) is -0.393. The number of sulfone groups is 1. The fourth-order valence-electron chi connectivity index (χ4n) is 2.02. The van der Waals surface area contributed by atoms with E-state index in [0.717, 1.165) is 0 Å². The number of H-pyrrole nitrogens is 1. The number of nitrogens with zero attached hydrogens (tertiary/aromatic N) is 2. The minimum absolute atomic E-state index is 0.0419. The van der Waals surface area contributed by atoms with Crippen molar-refractivity contribution in [2.75, 3.05) is 19.3 Å². The predicted molar refractivity (Wildman–Crippen MR) is 65.2 cm³/mol. The first-order valence-electron chi connectivity index (χ1n) is 5.49. The maximum absolute atomic E-state index is 12.1. The molecule has 0 aliphatic carbocycles. The van der Waals surface area contributed by atoms with Crippen molar-refractivity contribution in [2.45, 2.75) is 23.1 Å². The molecule has 9 heteroatoms. The lowest BCUT2D eigenvalue weighted by Gasteiger charge is -2.29. The Balaban J connectivity index is 2.11. The van der Waals surface area contributed by atoms with Crippen molar-refractivity contribution >= 4 is 19.9 Å². The molecule has 0 unspecified atom stereocenters. The Labute approximate surface area is 106 Å². The molecule has 0 amide bonds. The monoisotopic (exact) mass is 293 g/mol. The molecule has 7 nitrogen and oxygen atoms in total. The summed E-state index contributed by atoms with van der Waals surface area (Å²) in [6.45, 7) is 0.443. The molecule has 2 rings (SSSR count). The molecule has 0 radical (unpaired) electrons. The highest BCUT2D eigenvalue weighted by molar-refractivity contribution is 7.91. The van der Waals surface area contributed by atoms with E-state index in [1.165, 1.54) is 23.1 Å². The summed E-state index contributed by atoms with van der Waals surface area (Å²) >= 11 is 0. The Morgan fingerprint density at radius 2 is 1.89 bits per heavy atom. The van der Waals surface area contributed by atoms with Crippen LogP contribution < -0.4 is 0 Å². The van der Waals surface area contributed by atoms with E-state index in [9.17, 15) is 16.8 Å². The quantitative estimate of drug-likeness (QED) is 0.818. The summed E-state index contributed by atoms with van der Waals surface area (Å²) in [6, 6.07) is 0. The van der Waals surface area contributed by atoms with Gasteiger partial charge in [-0.2, -0.15) is 4.31 Å². The molecule has 1 fully saturated rings. The molecule has 0 saturated carbocycles. The van der Waals surface area contributed by atoms with E-state index in [0.29, 0.717) is 12.8 Å². The first-order valence-corrected chi connectivity index (χ1v) is 8.88. The zero-order valence-corrected chi connectivity index (χ0v) is 11.5. The second-order valence-electron chi connectivity index (χ2n) is 4.35. The van der Waals surface area contributed by atoms with Crippen LogP contribution in [0.3, 0.4) is 0 Å². The maximum Gasteiger partial charge on any atom is 0.260 e. The van der Waals surface area contributed by atoms with Crippen LogP contribution in [0.5, 0.6) is 0 Å². The molecule has 0 aromatic carbocycles. The van der Waals surface area contributed by atoms with Gasteiger partial charge in [-0.05, 0) is 12.8 Å². The van der Waals surface area contributed by atoms with Crippen LogP contribution in [0.4, 0.5) is 0 Å². The van der Waals surface area contributed by atoms with Gasteiger partial charge in [0, 0.05) is 19.3 Å². The van der Waals surface area contributed by atoms with Crippen molar-refractivity contribution in [3.8, 4) is 0 Å². The SMILES string of the molecule is CS(=O)(=O)C1CCN(S(=O)(=O)c2cnc[nH]2)CC1. The third kappa shape index (κ3) is 2.57. The second kappa shape index (κ2) is 4.63. The molecule has 1 aliphatic rings. The van der Waals surface area contributed by atoms with Crippen LogP contribution >= 0.6 is 0 Å². The normalized spacial score (nSPS) is 20.1. The third-order valence-corrected chi connectivity index (χ3v) is 6.60. The highest BCUT2D eigenvalue weighted by Crippen LogP contribution is 2.22. The number of piperidine rings is 1. The molecule has 1 aliphatic heterocycles. The Bertz CT molecular complexity index is 598. The fraction of sp³-hybridized carbons (Fsp3) is 0.667. The van der Waals surface area contributed by atoms with Gasteiger partial charge in [-0.25, -0.2) is 21.8 Å². The van der Waals surface area contributed by atoms with Crippen molar-refractivity contribution in [1.82, 2.24) is 14.3 Å². The molecular weight excluding hydrogens is 278 g/mol. The van der Waals surface area contributed by atoms with Crippen molar-refractivity contribution in [3.63, 3.8) is 0 Å². The van der Waals surface area contributed by atoms with Gasteiger partial charge >= 0.3 is 0 Å². The summed E-state index contributed by atoms with van der Waals surface area (Å²) in [6.07, 6.45) is 4.42. The van der Waals surface area contributed by atoms with Gasteiger partial charge in [-0.15, -0.1) is 0 Å². The number of hydrogen-bond acceptors (Lipinski definition) is 5. The van der Waals surface area contributed by atoms with Crippen molar-refractivity contribution < 1.29 is 16.8 Å². The van der Waals surface area contributed by atoms with Gasteiger partial charge < -0.3 is 4.98 Å². The van der Waals surface area contributed by atoms with E-state index < -0.39 is 25.1 Å². The molecule has 18 heavy (non-hydrogen) atoms. The minimum Gasteiger partial charge on any atom is -0.335 e. The largest absolute Gasteiger partial charge is 0.335 e. The minimum atomic E-state index is -3.57. The van der Waals surface area contributed by atoms with Crippen molar-refractivity contribution in [3.05, 3.63) is 12.5 Å². The number of hydrogen-bond donors (Lipinski definition) is 1. The number of aromatic amines is 1. The Kier molecular flexibility index (Phi) is 3.47. The third-order valence-electron chi connectivity index (χ3n) is 3.10. The highest BCUT2D eigenvalue weighted by Gasteiger charge is 2.33. The van der Waals surface area contributed by atoms with Crippen LogP contribution in [0, 0.1) is 0 Å². The highest BCUT2D eigenvalue weighted by atomic mass is 32.2. The topological polar surface area (TPSA) is 100 Å². The van der Waals surface area contributed by atoms with Gasteiger partial charge in [0.1, 0.15) is 9.84 Å². The Morgan fingerprint density at radius 1 is 1.28 bits per heavy atom. The van der Waals surface area contributed by atoms with Gasteiger partial charge in [-0.1, -0.05) is 0 Å². The van der Waals surface area contributed by atoms with Crippen LogP contribution in [0.25, 0.3) is 0 Å². The molecule has 1 aromatic rings. The number of sulfonamides is 1. The van der Waals surface area contributed by atoms with Gasteiger partial charge in [-0.3, -0.25) is 0 Å². The smallest absolute Gasteiger partial charge is 0.260 e. The molecular formula is C9H15N3O4S2. The lowest BCUT2D eigenvalue weighted by molar-refractivity contribution is 0.345. The van der Waals surface area contributed by atoms with Crippen LogP contribution in [0.2, 0.25) is 0 Å². The standard InChI is InChI=1S/C9H15N3O4S2/c1-17(13,14)8-2-4-12(5-3-8)18(15,16)9-6-10-7-11-9/h6-8H,2-5H2,1H3,(H,10,11). The average Bonchev–Trinajstić information content (AvgIpc) is 2.82. The van der Waals surface area contributed by atoms with E-state index in [1.54, 1.807) is 0 Å². The van der Waals surface area contributed by atoms with Gasteiger partial charge in [0.25, 0.3) is 10.0 Å². The second-order valence-corrected chi connectivity index (χ2v) is 8.58. The number of rotatable bonds is 3. The van der Waals surface area contributed by atoms with Gasteiger partial charge in [0.15, 0.2) is 5.03 Å². The van der Waals surface area contributed by atoms with E-state index in [-0.39, 0.29) is 18.1 Å². The number of nitrogens with one attached hydrogen (secondary N) is 1. The Hall–Kier alpha value is -0.930. The molecule has 0 atom stereocenters. The zero-order valence-electron chi connectivity index (χ0n) is 9.90. The first-order chi connectivity index (χ1) is 8.32. The van der Waals surface area contributed by atoms with Crippen LogP contribution in [0.1, 0.15) is 12.8 Å². The summed E-state index contributed by atoms with van der Waals surface area (Å²) in [4.78, 5) is 6.24. The van der Waals surface area contributed by atoms with E-state index in [2.05, 4.69) is 9.97 Å².